The lowest BCUT2D eigenvalue weighted by atomic mass is 10.2. The number of rotatable bonds is 9. The van der Waals surface area contributed by atoms with Crippen LogP contribution in [-0.2, 0) is 14.4 Å². The van der Waals surface area contributed by atoms with Crippen molar-refractivity contribution in [3.63, 3.8) is 0 Å². The minimum Gasteiger partial charge on any atom is -0.480 e. The molecule has 0 heterocycles. The van der Waals surface area contributed by atoms with E-state index in [1.54, 1.807) is 0 Å². The maximum Gasteiger partial charge on any atom is 0.326 e. The van der Waals surface area contributed by atoms with Crippen molar-refractivity contribution in [1.82, 2.24) is 10.6 Å². The number of unbranched alkanes of at least 4 members (excludes halogenated alkanes) is 1. The van der Waals surface area contributed by atoms with Crippen molar-refractivity contribution in [2.45, 2.75) is 31.7 Å². The third-order valence-corrected chi connectivity index (χ3v) is 2.14. The van der Waals surface area contributed by atoms with Crippen molar-refractivity contribution in [3.05, 3.63) is 0 Å². The number of carboxylic acids is 1. The maximum atomic E-state index is 11.3. The van der Waals surface area contributed by atoms with Crippen LogP contribution in [0.15, 0.2) is 0 Å². The number of carbonyl (C=O) groups is 4. The minimum atomic E-state index is -1.36. The molecule has 4 amide bonds. The van der Waals surface area contributed by atoms with Crippen molar-refractivity contribution in [1.29, 1.82) is 0 Å². The van der Waals surface area contributed by atoms with E-state index in [-0.39, 0.29) is 13.0 Å². The number of nitrogens with two attached hydrogens (primary N) is 2. The molecule has 0 saturated heterocycles. The van der Waals surface area contributed by atoms with E-state index in [0.717, 1.165) is 0 Å². The molecule has 0 spiro atoms. The van der Waals surface area contributed by atoms with Crippen LogP contribution in [0.3, 0.4) is 0 Å². The topological polar surface area (TPSA) is 165 Å². The van der Waals surface area contributed by atoms with E-state index in [2.05, 4.69) is 10.6 Å². The summed E-state index contributed by atoms with van der Waals surface area (Å²) < 4.78 is 0. The van der Waals surface area contributed by atoms with Gasteiger partial charge in [-0.1, -0.05) is 0 Å². The van der Waals surface area contributed by atoms with Gasteiger partial charge in [-0.25, -0.2) is 9.59 Å². The quantitative estimate of drug-likeness (QED) is 0.315. The molecule has 0 rings (SSSR count). The smallest absolute Gasteiger partial charge is 0.326 e. The van der Waals surface area contributed by atoms with Gasteiger partial charge in [0, 0.05) is 13.0 Å². The predicted molar refractivity (Wildman–Crippen MR) is 64.8 cm³/mol. The lowest BCUT2D eigenvalue weighted by molar-refractivity contribution is -0.140. The highest BCUT2D eigenvalue weighted by Gasteiger charge is 2.21. The molecule has 7 N–H and O–H groups in total. The van der Waals surface area contributed by atoms with Crippen LogP contribution >= 0.6 is 0 Å². The van der Waals surface area contributed by atoms with Crippen LogP contribution in [0.4, 0.5) is 4.79 Å². The van der Waals surface area contributed by atoms with Crippen molar-refractivity contribution in [2.75, 3.05) is 6.54 Å². The van der Waals surface area contributed by atoms with Gasteiger partial charge in [-0.2, -0.15) is 0 Å². The van der Waals surface area contributed by atoms with E-state index in [0.29, 0.717) is 12.8 Å². The zero-order valence-corrected chi connectivity index (χ0v) is 10.3. The van der Waals surface area contributed by atoms with E-state index < -0.39 is 36.3 Å². The highest BCUT2D eigenvalue weighted by Crippen LogP contribution is 1.94. The van der Waals surface area contributed by atoms with Crippen LogP contribution in [-0.4, -0.2) is 41.5 Å². The molecule has 0 radical (unpaired) electrons. The Morgan fingerprint density at radius 1 is 1.05 bits per heavy atom. The Hall–Kier alpha value is -2.32. The molecule has 1 atom stereocenters. The molecule has 1 unspecified atom stereocenters. The summed E-state index contributed by atoms with van der Waals surface area (Å²) in [7, 11) is 0. The Kier molecular flexibility index (Phi) is 7.66. The van der Waals surface area contributed by atoms with Crippen LogP contribution in [0.25, 0.3) is 0 Å². The van der Waals surface area contributed by atoms with Crippen molar-refractivity contribution < 1.29 is 24.3 Å². The number of hydrogen-bond acceptors (Lipinski definition) is 4. The summed E-state index contributed by atoms with van der Waals surface area (Å²) in [6, 6.07) is -2.07. The highest BCUT2D eigenvalue weighted by atomic mass is 16.4. The van der Waals surface area contributed by atoms with Gasteiger partial charge in [0.05, 0.1) is 6.42 Å². The van der Waals surface area contributed by atoms with Crippen LogP contribution in [0.5, 0.6) is 0 Å². The Morgan fingerprint density at radius 3 is 2.16 bits per heavy atom. The van der Waals surface area contributed by atoms with E-state index in [1.807, 2.05) is 0 Å². The standard InChI is InChI=1S/C10H18N4O5/c11-7(15)3-1-2-4-13-10(19)14-6(9(17)18)5-8(12)16/h6H,1-5H2,(H2,11,15)(H2,12,16)(H,17,18)(H2,13,14,19). The van der Waals surface area contributed by atoms with Gasteiger partial charge in [-0.3, -0.25) is 9.59 Å². The minimum absolute atomic E-state index is 0.225. The second kappa shape index (κ2) is 8.72. The highest BCUT2D eigenvalue weighted by molar-refractivity contribution is 5.87. The molecule has 0 bridgehead atoms. The van der Waals surface area contributed by atoms with Crippen molar-refractivity contribution in [3.8, 4) is 0 Å². The maximum absolute atomic E-state index is 11.3. The van der Waals surface area contributed by atoms with Gasteiger partial charge in [0.25, 0.3) is 0 Å². The third kappa shape index (κ3) is 9.39. The summed E-state index contributed by atoms with van der Waals surface area (Å²) in [6.07, 6.45) is 0.802. The Balaban J connectivity index is 3.90. The molecule has 0 aromatic carbocycles. The van der Waals surface area contributed by atoms with Crippen LogP contribution in [0.1, 0.15) is 25.7 Å². The van der Waals surface area contributed by atoms with Gasteiger partial charge >= 0.3 is 12.0 Å². The number of carboxylic acid groups (broad SMARTS) is 1. The molecule has 0 aromatic heterocycles. The van der Waals surface area contributed by atoms with E-state index in [4.69, 9.17) is 16.6 Å². The molecule has 19 heavy (non-hydrogen) atoms. The summed E-state index contributed by atoms with van der Waals surface area (Å²) in [6.45, 7) is 0.266. The first-order valence-electron chi connectivity index (χ1n) is 5.66. The normalized spacial score (nSPS) is 11.4. The zero-order chi connectivity index (χ0) is 14.8. The first-order valence-corrected chi connectivity index (χ1v) is 5.66. The molecule has 0 aliphatic heterocycles. The lowest BCUT2D eigenvalue weighted by Crippen LogP contribution is -2.47. The number of carbonyl (C=O) groups excluding carboxylic acids is 3. The molecule has 0 saturated carbocycles. The number of nitrogens with one attached hydrogen (secondary N) is 2. The van der Waals surface area contributed by atoms with Crippen LogP contribution in [0, 0.1) is 0 Å². The fraction of sp³-hybridized carbons (Fsp3) is 0.600. The molecule has 9 heteroatoms. The molecule has 0 aliphatic carbocycles. The summed E-state index contributed by atoms with van der Waals surface area (Å²) in [5.74, 6) is -2.59. The summed E-state index contributed by atoms with van der Waals surface area (Å²) in [4.78, 5) is 43.1. The third-order valence-electron chi connectivity index (χ3n) is 2.14. The first kappa shape index (κ1) is 16.7. The van der Waals surface area contributed by atoms with Crippen LogP contribution in [0.2, 0.25) is 0 Å². The van der Waals surface area contributed by atoms with Gasteiger partial charge in [0.1, 0.15) is 6.04 Å². The Labute approximate surface area is 109 Å². The van der Waals surface area contributed by atoms with E-state index in [9.17, 15) is 19.2 Å². The molecule has 108 valence electrons. The SMILES string of the molecule is NC(=O)CCCCNC(=O)NC(CC(N)=O)C(=O)O. The number of primary amides is 2. The molecular formula is C10H18N4O5. The summed E-state index contributed by atoms with van der Waals surface area (Å²) >= 11 is 0. The molecule has 0 aliphatic rings. The average Bonchev–Trinajstić information content (AvgIpc) is 2.26. The molecular weight excluding hydrogens is 256 g/mol. The number of hydrogen-bond donors (Lipinski definition) is 5. The monoisotopic (exact) mass is 274 g/mol. The second-order valence-electron chi connectivity index (χ2n) is 3.88. The van der Waals surface area contributed by atoms with E-state index >= 15 is 0 Å². The Bertz CT molecular complexity index is 358. The van der Waals surface area contributed by atoms with Gasteiger partial charge in [-0.15, -0.1) is 0 Å². The molecule has 0 aromatic rings. The van der Waals surface area contributed by atoms with Crippen molar-refractivity contribution in [2.24, 2.45) is 11.5 Å². The molecule has 9 nitrogen and oxygen atoms in total. The fourth-order valence-electron chi connectivity index (χ4n) is 1.24. The first-order chi connectivity index (χ1) is 8.82. The second-order valence-corrected chi connectivity index (χ2v) is 3.88. The van der Waals surface area contributed by atoms with Crippen molar-refractivity contribution >= 4 is 23.8 Å². The fourth-order valence-corrected chi connectivity index (χ4v) is 1.24. The van der Waals surface area contributed by atoms with Crippen LogP contribution < -0.4 is 22.1 Å². The predicted octanol–water partition coefficient (Wildman–Crippen LogP) is -1.73. The summed E-state index contributed by atoms with van der Waals surface area (Å²) in [5.41, 5.74) is 9.79. The van der Waals surface area contributed by atoms with Gasteiger partial charge < -0.3 is 27.2 Å². The lowest BCUT2D eigenvalue weighted by Gasteiger charge is -2.13. The largest absolute Gasteiger partial charge is 0.480 e. The number of urea groups is 1. The van der Waals surface area contributed by atoms with Gasteiger partial charge in [0.2, 0.25) is 11.8 Å². The van der Waals surface area contributed by atoms with Gasteiger partial charge in [-0.05, 0) is 12.8 Å². The zero-order valence-electron chi connectivity index (χ0n) is 10.3. The van der Waals surface area contributed by atoms with Gasteiger partial charge in [0.15, 0.2) is 0 Å². The number of aliphatic carboxylic acids is 1. The average molecular weight is 274 g/mol. The molecule has 0 fully saturated rings. The number of amides is 4. The Morgan fingerprint density at radius 2 is 1.68 bits per heavy atom. The summed E-state index contributed by atoms with van der Waals surface area (Å²) in [5, 5.41) is 13.2. The van der Waals surface area contributed by atoms with E-state index in [1.165, 1.54) is 0 Å².